The van der Waals surface area contributed by atoms with Crippen molar-refractivity contribution in [2.45, 2.75) is 12.7 Å². The van der Waals surface area contributed by atoms with Crippen LogP contribution in [0.1, 0.15) is 11.1 Å². The third-order valence-corrected chi connectivity index (χ3v) is 5.45. The predicted octanol–water partition coefficient (Wildman–Crippen LogP) is 3.71. The minimum Gasteiger partial charge on any atom is -0.391 e. The third-order valence-electron chi connectivity index (χ3n) is 5.45. The van der Waals surface area contributed by atoms with Gasteiger partial charge < -0.3 is 15.0 Å². The number of halogens is 4. The zero-order valence-electron chi connectivity index (χ0n) is 15.3. The van der Waals surface area contributed by atoms with Gasteiger partial charge in [0.2, 0.25) is 5.88 Å². The number of amides is 1. The van der Waals surface area contributed by atoms with Crippen LogP contribution in [0.4, 0.5) is 22.4 Å². The summed E-state index contributed by atoms with van der Waals surface area (Å²) < 4.78 is 58.1. The molecule has 0 spiro atoms. The van der Waals surface area contributed by atoms with Crippen LogP contribution in [0.5, 0.6) is 5.88 Å². The molecule has 1 amide bonds. The van der Waals surface area contributed by atoms with Gasteiger partial charge in [-0.2, -0.15) is 13.2 Å². The number of rotatable bonds is 5. The highest BCUT2D eigenvalue weighted by atomic mass is 19.4. The Morgan fingerprint density at radius 3 is 2.62 bits per heavy atom. The van der Waals surface area contributed by atoms with Crippen molar-refractivity contribution >= 4 is 6.09 Å². The first-order valence-electron chi connectivity index (χ1n) is 9.26. The van der Waals surface area contributed by atoms with Crippen molar-refractivity contribution < 1.29 is 27.1 Å². The summed E-state index contributed by atoms with van der Waals surface area (Å²) in [5.41, 5.74) is -1.03. The van der Waals surface area contributed by atoms with E-state index in [0.717, 1.165) is 25.2 Å². The molecule has 1 N–H and O–H groups in total. The second-order valence-corrected chi connectivity index (χ2v) is 7.41. The summed E-state index contributed by atoms with van der Waals surface area (Å²) in [7, 11) is 0. The van der Waals surface area contributed by atoms with Crippen molar-refractivity contribution in [2.75, 3.05) is 19.6 Å². The van der Waals surface area contributed by atoms with Crippen LogP contribution in [0.3, 0.4) is 0 Å². The molecule has 5 nitrogen and oxygen atoms in total. The monoisotopic (exact) mass is 409 g/mol. The van der Waals surface area contributed by atoms with Crippen LogP contribution in [0.2, 0.25) is 0 Å². The van der Waals surface area contributed by atoms with E-state index in [-0.39, 0.29) is 23.9 Å². The molecule has 9 heteroatoms. The molecule has 2 fully saturated rings. The second kappa shape index (κ2) is 7.62. The van der Waals surface area contributed by atoms with Crippen molar-refractivity contribution in [3.05, 3.63) is 59.5 Å². The smallest absolute Gasteiger partial charge is 0.391 e. The van der Waals surface area contributed by atoms with Gasteiger partial charge in [-0.1, -0.05) is 6.07 Å². The average molecular weight is 409 g/mol. The molecule has 154 valence electrons. The molecule has 2 atom stereocenters. The zero-order valence-corrected chi connectivity index (χ0v) is 15.3. The van der Waals surface area contributed by atoms with E-state index in [1.54, 1.807) is 12.1 Å². The van der Waals surface area contributed by atoms with Crippen LogP contribution in [0.25, 0.3) is 0 Å². The van der Waals surface area contributed by atoms with Gasteiger partial charge in [-0.3, -0.25) is 0 Å². The van der Waals surface area contributed by atoms with Gasteiger partial charge >= 0.3 is 12.3 Å². The minimum atomic E-state index is -4.67. The number of carbonyl (C=O) groups is 1. The van der Waals surface area contributed by atoms with Crippen LogP contribution in [-0.4, -0.2) is 35.6 Å². The van der Waals surface area contributed by atoms with Gasteiger partial charge in [0.1, 0.15) is 5.82 Å². The lowest BCUT2D eigenvalue weighted by Crippen LogP contribution is -2.36. The Labute approximate surface area is 164 Å². The Kier molecular flexibility index (Phi) is 5.16. The fraction of sp³-hybridized carbons (Fsp3) is 0.400. The quantitative estimate of drug-likeness (QED) is 0.766. The summed E-state index contributed by atoms with van der Waals surface area (Å²) in [5.74, 6) is 0.232. The Morgan fingerprint density at radius 1 is 1.21 bits per heavy atom. The number of benzene rings is 1. The van der Waals surface area contributed by atoms with E-state index in [9.17, 15) is 22.4 Å². The van der Waals surface area contributed by atoms with Gasteiger partial charge in [-0.25, -0.2) is 14.2 Å². The minimum absolute atomic E-state index is 0.0548. The van der Waals surface area contributed by atoms with Gasteiger partial charge in [0.05, 0.1) is 5.56 Å². The lowest BCUT2D eigenvalue weighted by Gasteiger charge is -2.23. The van der Waals surface area contributed by atoms with Crippen LogP contribution >= 0.6 is 0 Å². The predicted molar refractivity (Wildman–Crippen MR) is 95.4 cm³/mol. The summed E-state index contributed by atoms with van der Waals surface area (Å²) in [4.78, 5) is 18.0. The molecule has 1 aliphatic carbocycles. The fourth-order valence-electron chi connectivity index (χ4n) is 3.96. The Bertz CT molecular complexity index is 881. The molecule has 2 unspecified atom stereocenters. The Hall–Kier alpha value is -2.68. The SMILES string of the molecule is O=C(Oc1ccccn1)N(Cc1cc(F)cc(C(F)(F)F)c1)CC1C2CNCC21. The van der Waals surface area contributed by atoms with Crippen molar-refractivity contribution in [1.82, 2.24) is 15.2 Å². The number of piperidine rings is 1. The number of nitrogens with zero attached hydrogens (tertiary/aromatic N) is 2. The highest BCUT2D eigenvalue weighted by Gasteiger charge is 2.53. The largest absolute Gasteiger partial charge is 0.416 e. The number of aromatic nitrogens is 1. The molecule has 29 heavy (non-hydrogen) atoms. The van der Waals surface area contributed by atoms with E-state index < -0.39 is 23.7 Å². The highest BCUT2D eigenvalue weighted by Crippen LogP contribution is 2.49. The van der Waals surface area contributed by atoms with Gasteiger partial charge in [-0.15, -0.1) is 0 Å². The lowest BCUT2D eigenvalue weighted by molar-refractivity contribution is -0.137. The van der Waals surface area contributed by atoms with E-state index in [0.29, 0.717) is 24.4 Å². The van der Waals surface area contributed by atoms with Gasteiger partial charge in [-0.05, 0) is 60.7 Å². The van der Waals surface area contributed by atoms with Crippen molar-refractivity contribution in [2.24, 2.45) is 17.8 Å². The van der Waals surface area contributed by atoms with Gasteiger partial charge in [0.25, 0.3) is 0 Å². The molecular formula is C20H19F4N3O2. The maximum absolute atomic E-state index is 13.8. The summed E-state index contributed by atoms with van der Waals surface area (Å²) in [5, 5.41) is 3.26. The average Bonchev–Trinajstić information content (AvgIpc) is 3.08. The van der Waals surface area contributed by atoms with E-state index in [4.69, 9.17) is 4.74 Å². The molecule has 4 rings (SSSR count). The van der Waals surface area contributed by atoms with Crippen LogP contribution < -0.4 is 10.1 Å². The first kappa shape index (κ1) is 19.6. The molecule has 2 aromatic rings. The summed E-state index contributed by atoms with van der Waals surface area (Å²) in [6.07, 6.45) is -3.93. The van der Waals surface area contributed by atoms with E-state index in [1.165, 1.54) is 17.2 Å². The van der Waals surface area contributed by atoms with Crippen molar-refractivity contribution in [3.63, 3.8) is 0 Å². The standard InChI is InChI=1S/C20H19F4N3O2/c21-14-6-12(5-13(7-14)20(22,23)24)10-27(11-17-15-8-25-9-16(15)17)19(28)29-18-3-1-2-4-26-18/h1-7,15-17,25H,8-11H2. The molecule has 1 aliphatic heterocycles. The first-order valence-corrected chi connectivity index (χ1v) is 9.26. The second-order valence-electron chi connectivity index (χ2n) is 7.41. The van der Waals surface area contributed by atoms with E-state index in [2.05, 4.69) is 10.3 Å². The molecule has 1 saturated carbocycles. The number of alkyl halides is 3. The molecule has 1 aromatic carbocycles. The molecular weight excluding hydrogens is 390 g/mol. The van der Waals surface area contributed by atoms with Crippen LogP contribution in [0.15, 0.2) is 42.6 Å². The summed E-state index contributed by atoms with van der Waals surface area (Å²) in [6, 6.07) is 7.13. The summed E-state index contributed by atoms with van der Waals surface area (Å²) in [6.45, 7) is 1.86. The number of hydrogen-bond acceptors (Lipinski definition) is 4. The Balaban J connectivity index is 1.53. The third kappa shape index (κ3) is 4.50. The molecule has 2 heterocycles. The lowest BCUT2D eigenvalue weighted by atomic mass is 10.1. The fourth-order valence-corrected chi connectivity index (χ4v) is 3.96. The van der Waals surface area contributed by atoms with Crippen molar-refractivity contribution in [1.29, 1.82) is 0 Å². The van der Waals surface area contributed by atoms with Crippen LogP contribution in [0, 0.1) is 23.6 Å². The maximum Gasteiger partial charge on any atom is 0.416 e. The number of fused-ring (bicyclic) bond motifs is 1. The zero-order chi connectivity index (χ0) is 20.6. The highest BCUT2D eigenvalue weighted by molar-refractivity contribution is 5.70. The first-order chi connectivity index (χ1) is 13.8. The molecule has 2 aliphatic rings. The van der Waals surface area contributed by atoms with Crippen LogP contribution in [-0.2, 0) is 12.7 Å². The topological polar surface area (TPSA) is 54.5 Å². The number of nitrogens with one attached hydrogen (secondary N) is 1. The molecule has 0 radical (unpaired) electrons. The molecule has 0 bridgehead atoms. The number of hydrogen-bond donors (Lipinski definition) is 1. The van der Waals surface area contributed by atoms with Crippen molar-refractivity contribution in [3.8, 4) is 5.88 Å². The Morgan fingerprint density at radius 2 is 1.97 bits per heavy atom. The normalized spacial score (nSPS) is 22.8. The molecule has 1 saturated heterocycles. The number of pyridine rings is 1. The van der Waals surface area contributed by atoms with Gasteiger partial charge in [0.15, 0.2) is 0 Å². The summed E-state index contributed by atoms with van der Waals surface area (Å²) >= 11 is 0. The van der Waals surface area contributed by atoms with Gasteiger partial charge in [0, 0.05) is 25.4 Å². The van der Waals surface area contributed by atoms with E-state index >= 15 is 0 Å². The maximum atomic E-state index is 13.8. The number of ether oxygens (including phenoxy) is 1. The number of carbonyl (C=O) groups excluding carboxylic acids is 1. The molecule has 1 aromatic heterocycles. The van der Waals surface area contributed by atoms with E-state index in [1.807, 2.05) is 0 Å².